The minimum Gasteiger partial charge on any atom is -0.379 e. The zero-order valence-corrected chi connectivity index (χ0v) is 12.9. The number of fused-ring (bicyclic) bond motifs is 1. The van der Waals surface area contributed by atoms with Crippen LogP contribution >= 0.6 is 15.9 Å². The molecule has 0 fully saturated rings. The van der Waals surface area contributed by atoms with Crippen LogP contribution in [-0.2, 0) is 22.4 Å². The first-order valence-electron chi connectivity index (χ1n) is 6.68. The number of likely N-dealkylation sites (N-methyl/N-ethyl adjacent to an activating group) is 1. The summed E-state index contributed by atoms with van der Waals surface area (Å²) in [5.41, 5.74) is 2.65. The maximum Gasteiger partial charge on any atom is 0.226 e. The van der Waals surface area contributed by atoms with E-state index in [1.54, 1.807) is 4.90 Å². The number of rotatable bonds is 6. The quantitative estimate of drug-likeness (QED) is 0.593. The number of ether oxygens (including phenoxy) is 1. The van der Waals surface area contributed by atoms with Crippen molar-refractivity contribution in [1.82, 2.24) is 4.90 Å². The van der Waals surface area contributed by atoms with E-state index in [1.165, 1.54) is 11.1 Å². The zero-order chi connectivity index (χ0) is 13.7. The molecule has 0 spiro atoms. The fraction of sp³-hybridized carbons (Fsp3) is 0.533. The summed E-state index contributed by atoms with van der Waals surface area (Å²) in [6, 6.07) is 8.34. The van der Waals surface area contributed by atoms with Crippen LogP contribution < -0.4 is 0 Å². The van der Waals surface area contributed by atoms with Crippen molar-refractivity contribution < 1.29 is 9.53 Å². The van der Waals surface area contributed by atoms with Crippen molar-refractivity contribution in [3.63, 3.8) is 0 Å². The van der Waals surface area contributed by atoms with E-state index < -0.39 is 0 Å². The number of alkyl halides is 1. The molecule has 19 heavy (non-hydrogen) atoms. The Bertz CT molecular complexity index is 411. The highest BCUT2D eigenvalue weighted by Gasteiger charge is 2.28. The number of hydrogen-bond donors (Lipinski definition) is 0. The van der Waals surface area contributed by atoms with E-state index in [0.29, 0.717) is 19.8 Å². The summed E-state index contributed by atoms with van der Waals surface area (Å²) < 4.78 is 5.39. The van der Waals surface area contributed by atoms with Crippen LogP contribution in [0.4, 0.5) is 0 Å². The number of carbonyl (C=O) groups is 1. The van der Waals surface area contributed by atoms with Crippen molar-refractivity contribution in [2.45, 2.75) is 12.8 Å². The van der Waals surface area contributed by atoms with Gasteiger partial charge in [0, 0.05) is 24.8 Å². The number of nitrogens with zero attached hydrogens (tertiary/aromatic N) is 1. The van der Waals surface area contributed by atoms with Gasteiger partial charge >= 0.3 is 0 Å². The SMILES string of the molecule is CN(CCOCCBr)C(=O)C1Cc2ccccc2C1. The van der Waals surface area contributed by atoms with Crippen LogP contribution in [0.5, 0.6) is 0 Å². The van der Waals surface area contributed by atoms with Gasteiger partial charge in [0.25, 0.3) is 0 Å². The molecule has 4 heteroatoms. The lowest BCUT2D eigenvalue weighted by molar-refractivity contribution is -0.134. The Balaban J connectivity index is 1.81. The lowest BCUT2D eigenvalue weighted by Crippen LogP contribution is -2.35. The summed E-state index contributed by atoms with van der Waals surface area (Å²) in [5.74, 6) is 0.345. The Labute approximate surface area is 123 Å². The van der Waals surface area contributed by atoms with Crippen LogP contribution in [0.25, 0.3) is 0 Å². The van der Waals surface area contributed by atoms with E-state index in [4.69, 9.17) is 4.74 Å². The number of carbonyl (C=O) groups excluding carboxylic acids is 1. The molecule has 0 unspecified atom stereocenters. The van der Waals surface area contributed by atoms with Gasteiger partial charge in [-0.3, -0.25) is 4.79 Å². The van der Waals surface area contributed by atoms with E-state index in [9.17, 15) is 4.79 Å². The van der Waals surface area contributed by atoms with Gasteiger partial charge in [0.2, 0.25) is 5.91 Å². The Morgan fingerprint density at radius 1 is 1.32 bits per heavy atom. The molecule has 104 valence electrons. The normalized spacial score (nSPS) is 14.4. The van der Waals surface area contributed by atoms with Gasteiger partial charge < -0.3 is 9.64 Å². The zero-order valence-electron chi connectivity index (χ0n) is 11.3. The van der Waals surface area contributed by atoms with Crippen molar-refractivity contribution >= 4 is 21.8 Å². The Kier molecular flexibility index (Phi) is 5.40. The molecule has 3 nitrogen and oxygen atoms in total. The maximum absolute atomic E-state index is 12.3. The van der Waals surface area contributed by atoms with Crippen molar-refractivity contribution in [2.75, 3.05) is 32.1 Å². The van der Waals surface area contributed by atoms with Gasteiger partial charge in [-0.05, 0) is 24.0 Å². The molecule has 1 aromatic rings. The minimum atomic E-state index is 0.110. The molecule has 1 amide bonds. The second-order valence-corrected chi connectivity index (χ2v) is 5.73. The first kappa shape index (κ1) is 14.5. The molecule has 1 aliphatic rings. The number of hydrogen-bond acceptors (Lipinski definition) is 2. The molecular weight excluding hydrogens is 306 g/mol. The van der Waals surface area contributed by atoms with Crippen molar-refractivity contribution in [1.29, 1.82) is 0 Å². The first-order valence-corrected chi connectivity index (χ1v) is 7.80. The molecule has 0 bridgehead atoms. The molecule has 0 N–H and O–H groups in total. The van der Waals surface area contributed by atoms with Gasteiger partial charge in [-0.1, -0.05) is 40.2 Å². The second kappa shape index (κ2) is 7.06. The standard InChI is InChI=1S/C15H20BrNO2/c1-17(7-9-19-8-6-16)15(18)14-10-12-4-2-3-5-13(12)11-14/h2-5,14H,6-11H2,1H3. The number of amides is 1. The largest absolute Gasteiger partial charge is 0.379 e. The average Bonchev–Trinajstić information content (AvgIpc) is 2.86. The summed E-state index contributed by atoms with van der Waals surface area (Å²) in [4.78, 5) is 14.1. The Hall–Kier alpha value is -0.870. The van der Waals surface area contributed by atoms with E-state index in [-0.39, 0.29) is 11.8 Å². The summed E-state index contributed by atoms with van der Waals surface area (Å²) in [7, 11) is 1.86. The van der Waals surface area contributed by atoms with Crippen LogP contribution in [0.3, 0.4) is 0 Å². The fourth-order valence-electron chi connectivity index (χ4n) is 2.51. The van der Waals surface area contributed by atoms with Gasteiger partial charge in [0.15, 0.2) is 0 Å². The minimum absolute atomic E-state index is 0.110. The fourth-order valence-corrected chi connectivity index (χ4v) is 2.74. The molecule has 1 aliphatic carbocycles. The molecule has 0 saturated carbocycles. The Morgan fingerprint density at radius 3 is 2.53 bits per heavy atom. The molecule has 0 aliphatic heterocycles. The molecule has 2 rings (SSSR count). The lowest BCUT2D eigenvalue weighted by Gasteiger charge is -2.20. The maximum atomic E-state index is 12.3. The van der Waals surface area contributed by atoms with Gasteiger partial charge in [-0.15, -0.1) is 0 Å². The predicted octanol–water partition coefficient (Wildman–Crippen LogP) is 2.27. The average molecular weight is 326 g/mol. The molecule has 0 heterocycles. The highest BCUT2D eigenvalue weighted by molar-refractivity contribution is 9.09. The third kappa shape index (κ3) is 3.80. The van der Waals surface area contributed by atoms with E-state index in [2.05, 4.69) is 28.1 Å². The summed E-state index contributed by atoms with van der Waals surface area (Å²) in [6.07, 6.45) is 1.75. The van der Waals surface area contributed by atoms with Gasteiger partial charge in [0.1, 0.15) is 0 Å². The number of benzene rings is 1. The monoisotopic (exact) mass is 325 g/mol. The smallest absolute Gasteiger partial charge is 0.226 e. The van der Waals surface area contributed by atoms with Crippen LogP contribution in [0, 0.1) is 5.92 Å². The molecule has 0 radical (unpaired) electrons. The third-order valence-electron chi connectivity index (χ3n) is 3.57. The number of halogens is 1. The predicted molar refractivity (Wildman–Crippen MR) is 79.6 cm³/mol. The summed E-state index contributed by atoms with van der Waals surface area (Å²) in [6.45, 7) is 1.96. The van der Waals surface area contributed by atoms with Crippen molar-refractivity contribution in [3.8, 4) is 0 Å². The second-order valence-electron chi connectivity index (χ2n) is 4.94. The van der Waals surface area contributed by atoms with Gasteiger partial charge in [-0.2, -0.15) is 0 Å². The van der Waals surface area contributed by atoms with E-state index >= 15 is 0 Å². The van der Waals surface area contributed by atoms with Gasteiger partial charge in [-0.25, -0.2) is 0 Å². The van der Waals surface area contributed by atoms with Crippen molar-refractivity contribution in [3.05, 3.63) is 35.4 Å². The summed E-state index contributed by atoms with van der Waals surface area (Å²) in [5, 5.41) is 0.836. The van der Waals surface area contributed by atoms with Crippen LogP contribution in [0.1, 0.15) is 11.1 Å². The molecule has 0 aromatic heterocycles. The third-order valence-corrected chi connectivity index (χ3v) is 3.89. The highest BCUT2D eigenvalue weighted by Crippen LogP contribution is 2.27. The lowest BCUT2D eigenvalue weighted by atomic mass is 10.1. The summed E-state index contributed by atoms with van der Waals surface area (Å²) >= 11 is 3.31. The highest BCUT2D eigenvalue weighted by atomic mass is 79.9. The van der Waals surface area contributed by atoms with Crippen LogP contribution in [-0.4, -0.2) is 42.9 Å². The molecular formula is C15H20BrNO2. The molecule has 1 aromatic carbocycles. The van der Waals surface area contributed by atoms with Crippen molar-refractivity contribution in [2.24, 2.45) is 5.92 Å². The molecule has 0 saturated heterocycles. The van der Waals surface area contributed by atoms with E-state index in [0.717, 1.165) is 18.2 Å². The topological polar surface area (TPSA) is 29.5 Å². The van der Waals surface area contributed by atoms with Gasteiger partial charge in [0.05, 0.1) is 13.2 Å². The molecule has 0 atom stereocenters. The van der Waals surface area contributed by atoms with Crippen LogP contribution in [0.15, 0.2) is 24.3 Å². The first-order chi connectivity index (χ1) is 9.22. The van der Waals surface area contributed by atoms with E-state index in [1.807, 2.05) is 19.2 Å². The van der Waals surface area contributed by atoms with Crippen LogP contribution in [0.2, 0.25) is 0 Å². The Morgan fingerprint density at radius 2 is 1.95 bits per heavy atom.